The Morgan fingerprint density at radius 3 is 2.67 bits per heavy atom. The fourth-order valence-electron chi connectivity index (χ4n) is 4.75. The second-order valence-electron chi connectivity index (χ2n) is 9.11. The van der Waals surface area contributed by atoms with E-state index in [4.69, 9.17) is 4.74 Å². The summed E-state index contributed by atoms with van der Waals surface area (Å²) in [4.78, 5) is 17.9. The first-order valence-electron chi connectivity index (χ1n) is 12.0. The van der Waals surface area contributed by atoms with Crippen LogP contribution in [0.1, 0.15) is 34.0 Å². The summed E-state index contributed by atoms with van der Waals surface area (Å²) in [5.74, 6) is 0.480. The Morgan fingerprint density at radius 1 is 1.14 bits per heavy atom. The summed E-state index contributed by atoms with van der Waals surface area (Å²) in [5.41, 5.74) is 6.31. The molecule has 2 atom stereocenters. The Hall–Kier alpha value is -4.16. The average molecular weight is 480 g/mol. The number of carbonyl (C=O) groups is 1. The molecule has 0 unspecified atom stereocenters. The summed E-state index contributed by atoms with van der Waals surface area (Å²) >= 11 is 0. The molecule has 1 aromatic heterocycles. The molecule has 1 aliphatic carbocycles. The molecule has 2 N–H and O–H groups in total. The van der Waals surface area contributed by atoms with Gasteiger partial charge in [-0.25, -0.2) is 4.98 Å². The molecule has 36 heavy (non-hydrogen) atoms. The maximum Gasteiger partial charge on any atom is 0.248 e. The standard InChI is InChI=1S/C30H29N3O3/c1-20-18-33(19-31-20)26-13-12-22(16-28(26)36-2)15-24(14-21-8-4-3-5-9-21)30(35)32-29-25-11-7-6-10-23(25)17-27(29)34/h3-13,15-16,18-19,27,29,34H,14,17H2,1-2H3,(H,32,35)/b24-15+/t27-,29+/m0/s1. The van der Waals surface area contributed by atoms with Gasteiger partial charge in [-0.05, 0) is 47.4 Å². The maximum absolute atomic E-state index is 13.6. The third-order valence-corrected chi connectivity index (χ3v) is 6.55. The minimum Gasteiger partial charge on any atom is -0.495 e. The van der Waals surface area contributed by atoms with Gasteiger partial charge in [-0.15, -0.1) is 0 Å². The van der Waals surface area contributed by atoms with Gasteiger partial charge in [-0.1, -0.05) is 60.7 Å². The zero-order chi connectivity index (χ0) is 25.1. The fourth-order valence-corrected chi connectivity index (χ4v) is 4.75. The van der Waals surface area contributed by atoms with E-state index in [2.05, 4.69) is 10.3 Å². The lowest BCUT2D eigenvalue weighted by Gasteiger charge is -2.19. The van der Waals surface area contributed by atoms with Crippen molar-refractivity contribution in [3.05, 3.63) is 119 Å². The monoisotopic (exact) mass is 479 g/mol. The first kappa shape index (κ1) is 23.6. The van der Waals surface area contributed by atoms with Crippen LogP contribution in [0.4, 0.5) is 0 Å². The van der Waals surface area contributed by atoms with Crippen LogP contribution in [0.25, 0.3) is 11.8 Å². The molecule has 1 amide bonds. The molecular formula is C30H29N3O3. The largest absolute Gasteiger partial charge is 0.495 e. The zero-order valence-electron chi connectivity index (χ0n) is 20.4. The number of methoxy groups -OCH3 is 1. The molecule has 4 aromatic rings. The van der Waals surface area contributed by atoms with Crippen LogP contribution in [-0.2, 0) is 17.6 Å². The number of rotatable bonds is 7. The van der Waals surface area contributed by atoms with Crippen LogP contribution < -0.4 is 10.1 Å². The van der Waals surface area contributed by atoms with E-state index in [1.807, 2.05) is 96.6 Å². The fraction of sp³-hybridized carbons (Fsp3) is 0.200. The molecule has 182 valence electrons. The van der Waals surface area contributed by atoms with Gasteiger partial charge in [0, 0.05) is 24.6 Å². The third-order valence-electron chi connectivity index (χ3n) is 6.55. The van der Waals surface area contributed by atoms with Crippen LogP contribution in [0.2, 0.25) is 0 Å². The highest BCUT2D eigenvalue weighted by Gasteiger charge is 2.32. The molecule has 6 nitrogen and oxygen atoms in total. The van der Waals surface area contributed by atoms with E-state index in [9.17, 15) is 9.90 Å². The predicted molar refractivity (Wildman–Crippen MR) is 140 cm³/mol. The van der Waals surface area contributed by atoms with Gasteiger partial charge >= 0.3 is 0 Å². The molecule has 3 aromatic carbocycles. The molecule has 0 fully saturated rings. The molecule has 0 bridgehead atoms. The lowest BCUT2D eigenvalue weighted by atomic mass is 10.00. The highest BCUT2D eigenvalue weighted by atomic mass is 16.5. The second kappa shape index (κ2) is 10.2. The van der Waals surface area contributed by atoms with E-state index in [1.54, 1.807) is 13.4 Å². The lowest BCUT2D eigenvalue weighted by Crippen LogP contribution is -2.35. The molecule has 0 spiro atoms. The van der Waals surface area contributed by atoms with Gasteiger partial charge in [0.25, 0.3) is 0 Å². The Bertz CT molecular complexity index is 1410. The summed E-state index contributed by atoms with van der Waals surface area (Å²) in [5, 5.41) is 13.8. The van der Waals surface area contributed by atoms with Crippen molar-refractivity contribution in [1.82, 2.24) is 14.9 Å². The average Bonchev–Trinajstić information content (AvgIpc) is 3.46. The molecule has 5 rings (SSSR count). The van der Waals surface area contributed by atoms with Crippen molar-refractivity contribution in [2.75, 3.05) is 7.11 Å². The summed E-state index contributed by atoms with van der Waals surface area (Å²) in [7, 11) is 1.63. The number of benzene rings is 3. The Labute approximate surface area is 210 Å². The molecule has 0 radical (unpaired) electrons. The SMILES string of the molecule is COc1cc(/C=C(\Cc2ccccc2)C(=O)N[C@@H]2c3ccccc3C[C@@H]2O)ccc1-n1cnc(C)c1. The van der Waals surface area contributed by atoms with Crippen molar-refractivity contribution in [1.29, 1.82) is 0 Å². The smallest absolute Gasteiger partial charge is 0.248 e. The van der Waals surface area contributed by atoms with Gasteiger partial charge in [0.15, 0.2) is 0 Å². The van der Waals surface area contributed by atoms with Gasteiger partial charge in [0.1, 0.15) is 5.75 Å². The molecular weight excluding hydrogens is 450 g/mol. The number of hydrogen-bond donors (Lipinski definition) is 2. The minimum absolute atomic E-state index is 0.201. The molecule has 0 saturated heterocycles. The second-order valence-corrected chi connectivity index (χ2v) is 9.11. The predicted octanol–water partition coefficient (Wildman–Crippen LogP) is 4.59. The number of imidazole rings is 1. The van der Waals surface area contributed by atoms with Crippen LogP contribution in [0, 0.1) is 6.92 Å². The summed E-state index contributed by atoms with van der Waals surface area (Å²) in [6.07, 6.45) is 5.92. The number of hydrogen-bond acceptors (Lipinski definition) is 4. The highest BCUT2D eigenvalue weighted by molar-refractivity contribution is 5.98. The zero-order valence-corrected chi connectivity index (χ0v) is 20.4. The number of nitrogens with zero attached hydrogens (tertiary/aromatic N) is 2. The lowest BCUT2D eigenvalue weighted by molar-refractivity contribution is -0.119. The number of carbonyl (C=O) groups excluding carboxylic acids is 1. The van der Waals surface area contributed by atoms with Gasteiger partial charge in [0.2, 0.25) is 5.91 Å². The van der Waals surface area contributed by atoms with E-state index in [0.717, 1.165) is 33.6 Å². The number of fused-ring (bicyclic) bond motifs is 1. The number of ether oxygens (including phenoxy) is 1. The number of aromatic nitrogens is 2. The molecule has 1 heterocycles. The molecule has 0 aliphatic heterocycles. The Balaban J connectivity index is 1.47. The van der Waals surface area contributed by atoms with E-state index >= 15 is 0 Å². The van der Waals surface area contributed by atoms with Crippen LogP contribution in [0.15, 0.2) is 90.9 Å². The molecule has 0 saturated carbocycles. The summed E-state index contributed by atoms with van der Waals surface area (Å²) in [6.45, 7) is 1.94. The van der Waals surface area contributed by atoms with Crippen LogP contribution in [-0.4, -0.2) is 33.8 Å². The van der Waals surface area contributed by atoms with Gasteiger partial charge in [0.05, 0.1) is 37.0 Å². The first-order chi connectivity index (χ1) is 17.5. The van der Waals surface area contributed by atoms with E-state index in [-0.39, 0.29) is 5.91 Å². The van der Waals surface area contributed by atoms with E-state index in [1.165, 1.54) is 0 Å². The maximum atomic E-state index is 13.6. The number of aliphatic hydroxyl groups excluding tert-OH is 1. The van der Waals surface area contributed by atoms with E-state index < -0.39 is 12.1 Å². The van der Waals surface area contributed by atoms with Gasteiger partial charge in [-0.3, -0.25) is 4.79 Å². The van der Waals surface area contributed by atoms with Crippen LogP contribution in [0.5, 0.6) is 5.75 Å². The van der Waals surface area contributed by atoms with Crippen molar-refractivity contribution < 1.29 is 14.6 Å². The van der Waals surface area contributed by atoms with Crippen LogP contribution in [0.3, 0.4) is 0 Å². The summed E-state index contributed by atoms with van der Waals surface area (Å²) in [6, 6.07) is 23.2. The topological polar surface area (TPSA) is 76.4 Å². The number of aliphatic hydroxyl groups is 1. The normalized spacial score (nSPS) is 17.0. The van der Waals surface area contributed by atoms with Crippen LogP contribution >= 0.6 is 0 Å². The Morgan fingerprint density at radius 2 is 1.92 bits per heavy atom. The first-order valence-corrected chi connectivity index (χ1v) is 12.0. The van der Waals surface area contributed by atoms with Gasteiger partial charge < -0.3 is 19.7 Å². The highest BCUT2D eigenvalue weighted by Crippen LogP contribution is 2.32. The van der Waals surface area contributed by atoms with Crippen molar-refractivity contribution in [3.63, 3.8) is 0 Å². The Kier molecular flexibility index (Phi) is 6.69. The molecule has 6 heteroatoms. The quantitative estimate of drug-likeness (QED) is 0.380. The third kappa shape index (κ3) is 4.95. The van der Waals surface area contributed by atoms with Crippen molar-refractivity contribution in [2.45, 2.75) is 31.9 Å². The molecule has 1 aliphatic rings. The van der Waals surface area contributed by atoms with Crippen molar-refractivity contribution in [3.8, 4) is 11.4 Å². The number of aryl methyl sites for hydroxylation is 1. The number of amides is 1. The number of nitrogens with one attached hydrogen (secondary N) is 1. The van der Waals surface area contributed by atoms with Crippen molar-refractivity contribution in [2.24, 2.45) is 0 Å². The van der Waals surface area contributed by atoms with Gasteiger partial charge in [-0.2, -0.15) is 0 Å². The summed E-state index contributed by atoms with van der Waals surface area (Å²) < 4.78 is 7.57. The van der Waals surface area contributed by atoms with E-state index in [0.29, 0.717) is 24.2 Å². The van der Waals surface area contributed by atoms with Crippen molar-refractivity contribution >= 4 is 12.0 Å². The minimum atomic E-state index is -0.651.